The highest BCUT2D eigenvalue weighted by Gasteiger charge is 2.28. The van der Waals surface area contributed by atoms with E-state index in [1.165, 1.54) is 0 Å². The zero-order chi connectivity index (χ0) is 20.4. The van der Waals surface area contributed by atoms with Crippen LogP contribution in [-0.2, 0) is 14.3 Å². The van der Waals surface area contributed by atoms with Crippen molar-refractivity contribution >= 4 is 5.78 Å². The molecule has 0 aromatic heterocycles. The largest absolute Gasteiger partial charge is 0.392 e. The van der Waals surface area contributed by atoms with Gasteiger partial charge in [-0.2, -0.15) is 8.78 Å². The summed E-state index contributed by atoms with van der Waals surface area (Å²) in [6.07, 6.45) is -1.47. The number of halogens is 2. The molecule has 4 atom stereocenters. The maximum Gasteiger partial charge on any atom is 0.345 e. The van der Waals surface area contributed by atoms with Crippen molar-refractivity contribution in [2.75, 3.05) is 39.5 Å². The number of morpholine rings is 1. The number of ether oxygens (including phenoxy) is 2. The van der Waals surface area contributed by atoms with Gasteiger partial charge in [0, 0.05) is 31.5 Å². The van der Waals surface area contributed by atoms with Gasteiger partial charge in [-0.25, -0.2) is 0 Å². The predicted octanol–water partition coefficient (Wildman–Crippen LogP) is 0.837. The molecule has 2 unspecified atom stereocenters. The number of aliphatic hydroxyl groups excluding tert-OH is 2. The van der Waals surface area contributed by atoms with Crippen molar-refractivity contribution in [2.24, 2.45) is 11.8 Å². The number of carbonyl (C=O) groups is 1. The maximum atomic E-state index is 12.5. The molecule has 7 nitrogen and oxygen atoms in total. The van der Waals surface area contributed by atoms with Crippen molar-refractivity contribution in [3.8, 4) is 0 Å². The van der Waals surface area contributed by atoms with Crippen LogP contribution in [0, 0.1) is 11.8 Å². The molecule has 1 fully saturated rings. The number of nitrogens with zero attached hydrogens (tertiary/aromatic N) is 1. The van der Waals surface area contributed by atoms with Crippen LogP contribution in [0.1, 0.15) is 33.6 Å². The molecule has 0 bridgehead atoms. The molecule has 1 heterocycles. The van der Waals surface area contributed by atoms with E-state index in [1.54, 1.807) is 6.92 Å². The van der Waals surface area contributed by atoms with Crippen molar-refractivity contribution < 1.29 is 33.3 Å². The Morgan fingerprint density at radius 1 is 1.22 bits per heavy atom. The lowest BCUT2D eigenvalue weighted by molar-refractivity contribution is -0.153. The second kappa shape index (κ2) is 12.7. The number of alkyl halides is 2. The highest BCUT2D eigenvalue weighted by Crippen LogP contribution is 2.16. The van der Waals surface area contributed by atoms with Gasteiger partial charge in [0.05, 0.1) is 32.5 Å². The number of carbonyl (C=O) groups excluding carboxylic acids is 1. The molecule has 1 aliphatic heterocycles. The molecular formula is C18H34F2N2O5. The number of nitrogens with one attached hydrogen (secondary N) is 1. The highest BCUT2D eigenvalue weighted by molar-refractivity contribution is 5.80. The molecule has 0 aliphatic carbocycles. The van der Waals surface area contributed by atoms with E-state index in [2.05, 4.69) is 10.1 Å². The summed E-state index contributed by atoms with van der Waals surface area (Å²) in [6.45, 7) is 4.72. The third kappa shape index (κ3) is 10.4. The third-order valence-corrected chi connectivity index (χ3v) is 4.57. The number of hydrogen-bond acceptors (Lipinski definition) is 7. The lowest BCUT2D eigenvalue weighted by atomic mass is 9.96. The first-order valence-corrected chi connectivity index (χ1v) is 9.52. The van der Waals surface area contributed by atoms with Gasteiger partial charge in [0.1, 0.15) is 12.0 Å². The van der Waals surface area contributed by atoms with Gasteiger partial charge in [0.25, 0.3) is 0 Å². The van der Waals surface area contributed by atoms with Crippen molar-refractivity contribution in [2.45, 2.75) is 58.6 Å². The maximum absolute atomic E-state index is 12.5. The van der Waals surface area contributed by atoms with Crippen LogP contribution in [0.25, 0.3) is 0 Å². The summed E-state index contributed by atoms with van der Waals surface area (Å²) in [5, 5.41) is 23.2. The molecule has 27 heavy (non-hydrogen) atoms. The van der Waals surface area contributed by atoms with Crippen LogP contribution in [0.5, 0.6) is 0 Å². The lowest BCUT2D eigenvalue weighted by Crippen LogP contribution is -2.50. The van der Waals surface area contributed by atoms with Crippen LogP contribution in [0.3, 0.4) is 0 Å². The monoisotopic (exact) mass is 396 g/mol. The van der Waals surface area contributed by atoms with Crippen LogP contribution in [0.15, 0.2) is 0 Å². The van der Waals surface area contributed by atoms with E-state index < -0.39 is 37.5 Å². The first-order chi connectivity index (χ1) is 12.7. The summed E-state index contributed by atoms with van der Waals surface area (Å²) in [6, 6.07) is -0.414. The fraction of sp³-hybridized carbons (Fsp3) is 0.944. The average molecular weight is 396 g/mol. The van der Waals surface area contributed by atoms with Crippen LogP contribution >= 0.6 is 0 Å². The van der Waals surface area contributed by atoms with Crippen molar-refractivity contribution in [3.63, 3.8) is 0 Å². The van der Waals surface area contributed by atoms with E-state index >= 15 is 0 Å². The molecule has 3 N–H and O–H groups in total. The normalized spacial score (nSPS) is 20.6. The average Bonchev–Trinajstić information content (AvgIpc) is 2.58. The van der Waals surface area contributed by atoms with E-state index in [0.29, 0.717) is 32.7 Å². The molecule has 0 aromatic rings. The number of aliphatic hydroxyl groups is 2. The van der Waals surface area contributed by atoms with Gasteiger partial charge >= 0.3 is 6.61 Å². The Hall–Kier alpha value is -0.710. The Bertz CT molecular complexity index is 421. The van der Waals surface area contributed by atoms with Crippen LogP contribution < -0.4 is 5.32 Å². The lowest BCUT2D eigenvalue weighted by Gasteiger charge is -2.31. The SMILES string of the molecule is CC(C)C[C@H](NC(O)[C@H](COC(F)F)CC(=O)CN1CCOCC1)C(C)O. The van der Waals surface area contributed by atoms with Gasteiger partial charge in [-0.3, -0.25) is 15.0 Å². The molecule has 0 aromatic carbocycles. The number of hydrogen-bond donors (Lipinski definition) is 3. The van der Waals surface area contributed by atoms with Crippen molar-refractivity contribution in [1.82, 2.24) is 10.2 Å². The zero-order valence-electron chi connectivity index (χ0n) is 16.4. The van der Waals surface area contributed by atoms with Gasteiger partial charge in [-0.1, -0.05) is 13.8 Å². The molecule has 1 aliphatic rings. The molecule has 1 saturated heterocycles. The van der Waals surface area contributed by atoms with Gasteiger partial charge in [-0.05, 0) is 19.3 Å². The standard InChI is InChI=1S/C18H34F2N2O5/c1-12(2)8-16(13(3)23)21-17(25)14(11-27-18(19)20)9-15(24)10-22-4-6-26-7-5-22/h12-14,16-18,21,23,25H,4-11H2,1-3H3/t13?,14-,16-,17?/m0/s1. The summed E-state index contributed by atoms with van der Waals surface area (Å²) >= 11 is 0. The first kappa shape index (κ1) is 24.3. The summed E-state index contributed by atoms with van der Waals surface area (Å²) < 4.78 is 34.5. The quantitative estimate of drug-likeness (QED) is 0.397. The number of ketones is 1. The summed E-state index contributed by atoms with van der Waals surface area (Å²) in [7, 11) is 0. The van der Waals surface area contributed by atoms with Crippen LogP contribution in [0.2, 0.25) is 0 Å². The van der Waals surface area contributed by atoms with E-state index in [4.69, 9.17) is 4.74 Å². The van der Waals surface area contributed by atoms with Gasteiger partial charge in [-0.15, -0.1) is 0 Å². The summed E-state index contributed by atoms with van der Waals surface area (Å²) in [5.74, 6) is -0.720. The Morgan fingerprint density at radius 3 is 2.37 bits per heavy atom. The Kier molecular flexibility index (Phi) is 11.4. The smallest absolute Gasteiger partial charge is 0.345 e. The molecule has 9 heteroatoms. The predicted molar refractivity (Wildman–Crippen MR) is 96.4 cm³/mol. The minimum atomic E-state index is -2.97. The molecule has 1 rings (SSSR count). The summed E-state index contributed by atoms with van der Waals surface area (Å²) in [4.78, 5) is 14.3. The molecule has 160 valence electrons. The minimum Gasteiger partial charge on any atom is -0.392 e. The first-order valence-electron chi connectivity index (χ1n) is 9.52. The van der Waals surface area contributed by atoms with E-state index in [9.17, 15) is 23.8 Å². The fourth-order valence-corrected chi connectivity index (χ4v) is 3.09. The van der Waals surface area contributed by atoms with Gasteiger partial charge in [0.2, 0.25) is 0 Å². The molecular weight excluding hydrogens is 362 g/mol. The van der Waals surface area contributed by atoms with Crippen molar-refractivity contribution in [3.05, 3.63) is 0 Å². The van der Waals surface area contributed by atoms with Crippen molar-refractivity contribution in [1.29, 1.82) is 0 Å². The Labute approximate surface area is 160 Å². The Morgan fingerprint density at radius 2 is 1.85 bits per heavy atom. The van der Waals surface area contributed by atoms with E-state index in [-0.39, 0.29) is 24.7 Å². The molecule has 0 amide bonds. The molecule has 0 saturated carbocycles. The number of Topliss-reactive ketones (excluding diaryl/α,β-unsaturated/α-hetero) is 1. The van der Waals surface area contributed by atoms with Crippen LogP contribution in [-0.4, -0.2) is 85.3 Å². The van der Waals surface area contributed by atoms with E-state index in [0.717, 1.165) is 0 Å². The summed E-state index contributed by atoms with van der Waals surface area (Å²) in [5.41, 5.74) is 0. The third-order valence-electron chi connectivity index (χ3n) is 4.57. The Balaban J connectivity index is 2.65. The molecule has 0 radical (unpaired) electrons. The van der Waals surface area contributed by atoms with Gasteiger partial charge in [0.15, 0.2) is 0 Å². The topological polar surface area (TPSA) is 91.3 Å². The van der Waals surface area contributed by atoms with Gasteiger partial charge < -0.3 is 19.7 Å². The second-order valence-electron chi connectivity index (χ2n) is 7.57. The molecule has 0 spiro atoms. The highest BCUT2D eigenvalue weighted by atomic mass is 19.3. The van der Waals surface area contributed by atoms with E-state index in [1.807, 2.05) is 18.7 Å². The fourth-order valence-electron chi connectivity index (χ4n) is 3.09. The zero-order valence-corrected chi connectivity index (χ0v) is 16.4. The minimum absolute atomic E-state index is 0.0908. The second-order valence-corrected chi connectivity index (χ2v) is 7.57. The number of rotatable bonds is 13. The van der Waals surface area contributed by atoms with Crippen LogP contribution in [0.4, 0.5) is 8.78 Å².